The Kier molecular flexibility index (Phi) is 6.29. The van der Waals surface area contributed by atoms with Crippen LogP contribution in [0.5, 0.6) is 0 Å². The van der Waals surface area contributed by atoms with E-state index < -0.39 is 52.6 Å². The normalized spacial score (nSPS) is 34.0. The summed E-state index contributed by atoms with van der Waals surface area (Å²) in [5.41, 5.74) is -4.88. The van der Waals surface area contributed by atoms with Crippen LogP contribution < -0.4 is 0 Å². The monoisotopic (exact) mass is 428 g/mol. The molecule has 2 aliphatic heterocycles. The first-order valence-electron chi connectivity index (χ1n) is 8.20. The van der Waals surface area contributed by atoms with Gasteiger partial charge in [0.2, 0.25) is 6.29 Å². The zero-order chi connectivity index (χ0) is 20.5. The summed E-state index contributed by atoms with van der Waals surface area (Å²) in [6.07, 6.45) is -6.61. The number of alkyl halides is 3. The minimum absolute atomic E-state index is 0.0769. The van der Waals surface area contributed by atoms with E-state index in [-0.39, 0.29) is 6.61 Å². The van der Waals surface area contributed by atoms with Gasteiger partial charge in [0.1, 0.15) is 24.4 Å². The Balaban J connectivity index is 1.81. The zero-order valence-corrected chi connectivity index (χ0v) is 15.7. The first kappa shape index (κ1) is 21.4. The first-order valence-corrected chi connectivity index (χ1v) is 9.61. The lowest BCUT2D eigenvalue weighted by molar-refractivity contribution is -0.355. The van der Waals surface area contributed by atoms with Gasteiger partial charge in [0.15, 0.2) is 6.29 Å². The topological polar surface area (TPSA) is 89.5 Å². The number of halogens is 3. The average molecular weight is 428 g/mol. The second-order valence-electron chi connectivity index (χ2n) is 6.12. The van der Waals surface area contributed by atoms with E-state index in [1.54, 1.807) is 24.3 Å². The number of hydrogen-bond donors (Lipinski definition) is 0. The molecule has 1 aromatic rings. The van der Waals surface area contributed by atoms with Gasteiger partial charge in [-0.1, -0.05) is 30.3 Å². The summed E-state index contributed by atoms with van der Waals surface area (Å²) in [7, 11) is -3.44. The second kappa shape index (κ2) is 8.22. The highest BCUT2D eigenvalue weighted by Crippen LogP contribution is 2.37. The van der Waals surface area contributed by atoms with Gasteiger partial charge in [-0.15, -0.1) is 0 Å². The molecule has 2 fully saturated rings. The summed E-state index contributed by atoms with van der Waals surface area (Å²) in [5.74, 6) is 0. The molecule has 0 saturated carbocycles. The van der Waals surface area contributed by atoms with Gasteiger partial charge in [-0.05, 0) is 0 Å². The number of ether oxygens (including phenoxy) is 5. The average Bonchev–Trinajstić information content (AvgIpc) is 2.66. The second-order valence-corrected chi connectivity index (χ2v) is 7.68. The molecule has 8 nitrogen and oxygen atoms in total. The number of rotatable bonds is 5. The molecule has 0 bridgehead atoms. The maximum Gasteiger partial charge on any atom is 0.523 e. The minimum Gasteiger partial charge on any atom is -0.376 e. The van der Waals surface area contributed by atoms with Crippen molar-refractivity contribution in [2.75, 3.05) is 20.8 Å². The lowest BCUT2D eigenvalue weighted by Gasteiger charge is -2.47. The third kappa shape index (κ3) is 4.17. The molecule has 0 aromatic heterocycles. The van der Waals surface area contributed by atoms with Crippen molar-refractivity contribution in [3.63, 3.8) is 0 Å². The first-order chi connectivity index (χ1) is 13.2. The summed E-state index contributed by atoms with van der Waals surface area (Å²) in [5, 5.41) is 0. The summed E-state index contributed by atoms with van der Waals surface area (Å²) >= 11 is 0. The highest BCUT2D eigenvalue weighted by atomic mass is 32.2. The molecule has 6 atom stereocenters. The van der Waals surface area contributed by atoms with Crippen LogP contribution in [0, 0.1) is 0 Å². The molecule has 3 rings (SSSR count). The van der Waals surface area contributed by atoms with E-state index in [2.05, 4.69) is 4.18 Å². The fraction of sp³-hybridized carbons (Fsp3) is 0.625. The van der Waals surface area contributed by atoms with Crippen LogP contribution >= 0.6 is 0 Å². The molecule has 0 aliphatic carbocycles. The van der Waals surface area contributed by atoms with Crippen molar-refractivity contribution in [2.24, 2.45) is 0 Å². The van der Waals surface area contributed by atoms with Gasteiger partial charge < -0.3 is 23.7 Å². The fourth-order valence-corrected chi connectivity index (χ4v) is 3.61. The number of benzene rings is 1. The van der Waals surface area contributed by atoms with Crippen molar-refractivity contribution in [1.82, 2.24) is 0 Å². The summed E-state index contributed by atoms with van der Waals surface area (Å²) in [6, 6.07) is 8.98. The Labute approximate surface area is 159 Å². The number of methoxy groups -OCH3 is 2. The van der Waals surface area contributed by atoms with Crippen LogP contribution in [0.15, 0.2) is 30.3 Å². The summed E-state index contributed by atoms with van der Waals surface area (Å²) in [6.45, 7) is -0.0769. The maximum absolute atomic E-state index is 12.7. The third-order valence-electron chi connectivity index (χ3n) is 4.40. The lowest BCUT2D eigenvalue weighted by atomic mass is 9.97. The van der Waals surface area contributed by atoms with Gasteiger partial charge in [0.25, 0.3) is 0 Å². The molecular formula is C16H19F3O8S. The van der Waals surface area contributed by atoms with Crippen LogP contribution in [0.2, 0.25) is 0 Å². The molecule has 28 heavy (non-hydrogen) atoms. The van der Waals surface area contributed by atoms with E-state index in [4.69, 9.17) is 23.7 Å². The van der Waals surface area contributed by atoms with E-state index in [9.17, 15) is 21.6 Å². The summed E-state index contributed by atoms with van der Waals surface area (Å²) in [4.78, 5) is 0. The van der Waals surface area contributed by atoms with E-state index >= 15 is 0 Å². The Morgan fingerprint density at radius 3 is 2.25 bits per heavy atom. The number of fused-ring (bicyclic) bond motifs is 1. The molecule has 0 amide bonds. The van der Waals surface area contributed by atoms with Crippen molar-refractivity contribution < 1.29 is 49.5 Å². The van der Waals surface area contributed by atoms with Crippen LogP contribution in [-0.2, 0) is 38.0 Å². The molecule has 158 valence electrons. The Morgan fingerprint density at radius 2 is 1.68 bits per heavy atom. The Morgan fingerprint density at radius 1 is 1.04 bits per heavy atom. The van der Waals surface area contributed by atoms with Gasteiger partial charge in [0.05, 0.1) is 6.61 Å². The van der Waals surface area contributed by atoms with Crippen LogP contribution in [0.1, 0.15) is 11.9 Å². The van der Waals surface area contributed by atoms with Gasteiger partial charge in [-0.2, -0.15) is 21.6 Å². The molecule has 1 aromatic carbocycles. The van der Waals surface area contributed by atoms with Crippen LogP contribution in [0.25, 0.3) is 0 Å². The molecule has 12 heteroatoms. The lowest BCUT2D eigenvalue weighted by Crippen LogP contribution is -2.63. The van der Waals surface area contributed by atoms with Crippen LogP contribution in [-0.4, -0.2) is 65.5 Å². The van der Waals surface area contributed by atoms with Gasteiger partial charge in [-0.3, -0.25) is 0 Å². The molecule has 0 spiro atoms. The van der Waals surface area contributed by atoms with Crippen molar-refractivity contribution in [3.8, 4) is 0 Å². The standard InChI is InChI=1S/C16H19F3O8S/c1-22-12-11-10(8-24-14(26-11)9-6-4-3-5-7-9)25-15(13(12)23-2)27-28(20,21)16(17,18)19/h3-7,10-15H,8H2,1-2H3/t10-,11-,12+,13+,14?,15-/m0/s1. The SMILES string of the molecule is CO[C@@H]1[C@H]2OC(c3ccccc3)OC[C@@H]2O[C@@H](OS(=O)(=O)C(F)(F)F)[C@@H]1OC. The quantitative estimate of drug-likeness (QED) is 0.518. The molecule has 0 radical (unpaired) electrons. The minimum atomic E-state index is -5.91. The van der Waals surface area contributed by atoms with Crippen LogP contribution in [0.4, 0.5) is 13.2 Å². The van der Waals surface area contributed by atoms with Crippen molar-refractivity contribution in [2.45, 2.75) is 42.5 Å². The predicted octanol–water partition coefficient (Wildman–Crippen LogP) is 1.72. The summed E-state index contributed by atoms with van der Waals surface area (Å²) < 4.78 is 92.4. The fourth-order valence-electron chi connectivity index (χ4n) is 3.10. The Bertz CT molecular complexity index is 757. The van der Waals surface area contributed by atoms with E-state index in [1.807, 2.05) is 6.07 Å². The Hall–Kier alpha value is -1.28. The van der Waals surface area contributed by atoms with Crippen molar-refractivity contribution in [3.05, 3.63) is 35.9 Å². The maximum atomic E-state index is 12.7. The van der Waals surface area contributed by atoms with E-state index in [0.29, 0.717) is 0 Å². The zero-order valence-electron chi connectivity index (χ0n) is 14.9. The van der Waals surface area contributed by atoms with E-state index in [1.165, 1.54) is 14.2 Å². The molecule has 2 heterocycles. The molecule has 0 N–H and O–H groups in total. The predicted molar refractivity (Wildman–Crippen MR) is 86.3 cm³/mol. The van der Waals surface area contributed by atoms with Crippen LogP contribution in [0.3, 0.4) is 0 Å². The number of hydrogen-bond acceptors (Lipinski definition) is 8. The van der Waals surface area contributed by atoms with Gasteiger partial charge in [0, 0.05) is 19.8 Å². The molecular weight excluding hydrogens is 409 g/mol. The van der Waals surface area contributed by atoms with Gasteiger partial charge >= 0.3 is 15.6 Å². The van der Waals surface area contributed by atoms with Gasteiger partial charge in [-0.25, -0.2) is 4.18 Å². The largest absolute Gasteiger partial charge is 0.523 e. The highest BCUT2D eigenvalue weighted by molar-refractivity contribution is 7.87. The van der Waals surface area contributed by atoms with Crippen molar-refractivity contribution in [1.29, 1.82) is 0 Å². The highest BCUT2D eigenvalue weighted by Gasteiger charge is 2.56. The molecule has 1 unspecified atom stereocenters. The third-order valence-corrected chi connectivity index (χ3v) is 5.41. The molecule has 2 aliphatic rings. The van der Waals surface area contributed by atoms with Crippen molar-refractivity contribution >= 4 is 10.1 Å². The van der Waals surface area contributed by atoms with E-state index in [0.717, 1.165) is 5.56 Å². The molecule has 2 saturated heterocycles. The smallest absolute Gasteiger partial charge is 0.376 e.